The van der Waals surface area contributed by atoms with Crippen molar-refractivity contribution in [1.82, 2.24) is 4.57 Å². The first-order valence-corrected chi connectivity index (χ1v) is 8.81. The molecule has 0 radical (unpaired) electrons. The molecule has 0 aliphatic heterocycles. The lowest BCUT2D eigenvalue weighted by atomic mass is 9.95. The third-order valence-corrected chi connectivity index (χ3v) is 5.25. The van der Waals surface area contributed by atoms with Crippen LogP contribution in [0.25, 0.3) is 0 Å². The van der Waals surface area contributed by atoms with Crippen LogP contribution in [0.4, 0.5) is 14.5 Å². The Hall–Kier alpha value is -2.17. The number of carbonyl (C=O) groups excluding carboxylic acids is 1. The van der Waals surface area contributed by atoms with Gasteiger partial charge in [0.2, 0.25) is 0 Å². The van der Waals surface area contributed by atoms with Gasteiger partial charge in [-0.3, -0.25) is 4.79 Å². The molecule has 0 N–H and O–H groups in total. The number of halogens is 2. The van der Waals surface area contributed by atoms with Crippen LogP contribution >= 0.6 is 0 Å². The highest BCUT2D eigenvalue weighted by Crippen LogP contribution is 2.32. The van der Waals surface area contributed by atoms with Gasteiger partial charge in [-0.2, -0.15) is 0 Å². The summed E-state index contributed by atoms with van der Waals surface area (Å²) in [5.74, 6) is -2.08. The van der Waals surface area contributed by atoms with Gasteiger partial charge in [0.15, 0.2) is 11.6 Å². The maximum atomic E-state index is 13.5. The molecule has 0 bridgehead atoms. The molecule has 1 aromatic carbocycles. The Morgan fingerprint density at radius 2 is 1.76 bits per heavy atom. The predicted molar refractivity (Wildman–Crippen MR) is 95.1 cm³/mol. The quantitative estimate of drug-likeness (QED) is 0.753. The number of carbonyl (C=O) groups is 1. The lowest BCUT2D eigenvalue weighted by Gasteiger charge is -2.26. The fourth-order valence-corrected chi connectivity index (χ4v) is 3.89. The van der Waals surface area contributed by atoms with Gasteiger partial charge in [-0.1, -0.05) is 19.3 Å². The predicted octanol–water partition coefficient (Wildman–Crippen LogP) is 5.16. The van der Waals surface area contributed by atoms with Crippen molar-refractivity contribution < 1.29 is 13.6 Å². The lowest BCUT2D eigenvalue weighted by molar-refractivity contribution is 0.0992. The van der Waals surface area contributed by atoms with Gasteiger partial charge >= 0.3 is 0 Å². The van der Waals surface area contributed by atoms with E-state index in [9.17, 15) is 13.6 Å². The van der Waals surface area contributed by atoms with Gasteiger partial charge in [-0.25, -0.2) is 8.78 Å². The molecule has 1 amide bonds. The van der Waals surface area contributed by atoms with Gasteiger partial charge in [0, 0.05) is 36.2 Å². The molecule has 1 saturated carbocycles. The topological polar surface area (TPSA) is 25.2 Å². The second kappa shape index (κ2) is 6.98. The van der Waals surface area contributed by atoms with E-state index in [1.54, 1.807) is 7.05 Å². The molecule has 1 aromatic heterocycles. The number of amides is 1. The maximum Gasteiger partial charge on any atom is 0.259 e. The molecule has 134 valence electrons. The summed E-state index contributed by atoms with van der Waals surface area (Å²) in [5.41, 5.74) is 2.98. The van der Waals surface area contributed by atoms with E-state index in [4.69, 9.17) is 0 Å². The number of aryl methyl sites for hydroxylation is 1. The molecule has 0 spiro atoms. The first-order valence-electron chi connectivity index (χ1n) is 8.81. The second-order valence-electron chi connectivity index (χ2n) is 6.91. The number of anilines is 1. The summed E-state index contributed by atoms with van der Waals surface area (Å²) in [5, 5.41) is 0. The van der Waals surface area contributed by atoms with Crippen molar-refractivity contribution in [1.29, 1.82) is 0 Å². The molecule has 25 heavy (non-hydrogen) atoms. The molecular formula is C20H24F2N2O. The SMILES string of the molecule is Cc1cc(C(=O)N(C)c2ccc(F)c(F)c2)c(C)n1C1CCCCC1. The van der Waals surface area contributed by atoms with Crippen LogP contribution in [-0.2, 0) is 0 Å². The highest BCUT2D eigenvalue weighted by molar-refractivity contribution is 6.06. The molecule has 0 saturated heterocycles. The van der Waals surface area contributed by atoms with Crippen LogP contribution in [0.3, 0.4) is 0 Å². The molecular weight excluding hydrogens is 322 g/mol. The zero-order valence-corrected chi connectivity index (χ0v) is 15.0. The van der Waals surface area contributed by atoms with E-state index in [0.717, 1.165) is 36.4 Å². The minimum absolute atomic E-state index is 0.207. The standard InChI is InChI=1S/C20H24F2N2O/c1-13-11-17(14(2)24(13)15-7-5-4-6-8-15)20(25)23(3)16-9-10-18(21)19(22)12-16/h9-12,15H,4-8H2,1-3H3. The summed E-state index contributed by atoms with van der Waals surface area (Å²) in [4.78, 5) is 14.3. The smallest absolute Gasteiger partial charge is 0.259 e. The van der Waals surface area contributed by atoms with Crippen molar-refractivity contribution in [2.45, 2.75) is 52.0 Å². The molecule has 3 nitrogen and oxygen atoms in total. The molecule has 5 heteroatoms. The number of rotatable bonds is 3. The first kappa shape index (κ1) is 17.6. The Kier molecular flexibility index (Phi) is 4.93. The van der Waals surface area contributed by atoms with Crippen LogP contribution in [-0.4, -0.2) is 17.5 Å². The molecule has 0 unspecified atom stereocenters. The van der Waals surface area contributed by atoms with Crippen molar-refractivity contribution in [3.8, 4) is 0 Å². The first-order chi connectivity index (χ1) is 11.9. The zero-order valence-electron chi connectivity index (χ0n) is 15.0. The summed E-state index contributed by atoms with van der Waals surface area (Å²) >= 11 is 0. The molecule has 1 heterocycles. The average molecular weight is 346 g/mol. The van der Waals surface area contributed by atoms with Gasteiger partial charge in [-0.15, -0.1) is 0 Å². The normalized spacial score (nSPS) is 15.4. The number of benzene rings is 1. The minimum Gasteiger partial charge on any atom is -0.345 e. The maximum absolute atomic E-state index is 13.5. The van der Waals surface area contributed by atoms with Crippen LogP contribution < -0.4 is 4.90 Å². The molecule has 1 aliphatic carbocycles. The van der Waals surface area contributed by atoms with E-state index in [0.29, 0.717) is 17.3 Å². The zero-order chi connectivity index (χ0) is 18.1. The van der Waals surface area contributed by atoms with Gasteiger partial charge < -0.3 is 9.47 Å². The van der Waals surface area contributed by atoms with Crippen LogP contribution in [0, 0.1) is 25.5 Å². The number of nitrogens with zero attached hydrogens (tertiary/aromatic N) is 2. The molecule has 1 aliphatic rings. The Morgan fingerprint density at radius 3 is 2.40 bits per heavy atom. The van der Waals surface area contributed by atoms with Gasteiger partial charge in [0.25, 0.3) is 5.91 Å². The van der Waals surface area contributed by atoms with Crippen molar-refractivity contribution in [3.63, 3.8) is 0 Å². The van der Waals surface area contributed by atoms with Crippen LogP contribution in [0.15, 0.2) is 24.3 Å². The summed E-state index contributed by atoms with van der Waals surface area (Å²) in [6.07, 6.45) is 6.01. The van der Waals surface area contributed by atoms with E-state index in [-0.39, 0.29) is 5.91 Å². The van der Waals surface area contributed by atoms with E-state index >= 15 is 0 Å². The third kappa shape index (κ3) is 3.32. The van der Waals surface area contributed by atoms with Gasteiger partial charge in [0.1, 0.15) is 0 Å². The summed E-state index contributed by atoms with van der Waals surface area (Å²) in [7, 11) is 1.59. The minimum atomic E-state index is -0.954. The van der Waals surface area contributed by atoms with Crippen molar-refractivity contribution in [2.24, 2.45) is 0 Å². The Labute approximate surface area is 147 Å². The number of hydrogen-bond donors (Lipinski definition) is 0. The molecule has 0 atom stereocenters. The second-order valence-corrected chi connectivity index (χ2v) is 6.91. The van der Waals surface area contributed by atoms with Crippen LogP contribution in [0.1, 0.15) is 59.9 Å². The van der Waals surface area contributed by atoms with Crippen LogP contribution in [0.5, 0.6) is 0 Å². The van der Waals surface area contributed by atoms with Crippen molar-refractivity contribution in [3.05, 3.63) is 52.9 Å². The largest absolute Gasteiger partial charge is 0.345 e. The van der Waals surface area contributed by atoms with Crippen molar-refractivity contribution >= 4 is 11.6 Å². The van der Waals surface area contributed by atoms with Gasteiger partial charge in [0.05, 0.1) is 5.56 Å². The van der Waals surface area contributed by atoms with E-state index < -0.39 is 11.6 Å². The highest BCUT2D eigenvalue weighted by Gasteiger charge is 2.24. The Morgan fingerprint density at radius 1 is 1.08 bits per heavy atom. The summed E-state index contributed by atoms with van der Waals surface area (Å²) < 4.78 is 28.9. The number of aromatic nitrogens is 1. The average Bonchev–Trinajstić information content (AvgIpc) is 2.91. The molecule has 2 aromatic rings. The Balaban J connectivity index is 1.90. The highest BCUT2D eigenvalue weighted by atomic mass is 19.2. The van der Waals surface area contributed by atoms with E-state index in [2.05, 4.69) is 4.57 Å². The summed E-state index contributed by atoms with van der Waals surface area (Å²) in [6, 6.07) is 5.86. The van der Waals surface area contributed by atoms with Gasteiger partial charge in [-0.05, 0) is 44.9 Å². The van der Waals surface area contributed by atoms with E-state index in [1.165, 1.54) is 30.2 Å². The summed E-state index contributed by atoms with van der Waals surface area (Å²) in [6.45, 7) is 3.99. The Bertz CT molecular complexity index is 791. The van der Waals surface area contributed by atoms with E-state index in [1.807, 2.05) is 19.9 Å². The monoisotopic (exact) mass is 346 g/mol. The number of hydrogen-bond acceptors (Lipinski definition) is 1. The molecule has 1 fully saturated rings. The van der Waals surface area contributed by atoms with Crippen LogP contribution in [0.2, 0.25) is 0 Å². The molecule has 3 rings (SSSR count). The third-order valence-electron chi connectivity index (χ3n) is 5.25. The fraction of sp³-hybridized carbons (Fsp3) is 0.450. The lowest BCUT2D eigenvalue weighted by Crippen LogP contribution is -2.27. The fourth-order valence-electron chi connectivity index (χ4n) is 3.89. The van der Waals surface area contributed by atoms with Crippen molar-refractivity contribution in [2.75, 3.05) is 11.9 Å².